The van der Waals surface area contributed by atoms with E-state index in [1.807, 2.05) is 30.3 Å². The zero-order valence-corrected chi connectivity index (χ0v) is 26.7. The fourth-order valence-corrected chi connectivity index (χ4v) is 7.49. The van der Waals surface area contributed by atoms with E-state index >= 15 is 4.79 Å². The Kier molecular flexibility index (Phi) is 6.61. The standard InChI is InChI=1S/C34H30ClN3O8/c1-15-13-19-24(29(39)34(15)30(40)25-21(44-5)14-22(45-6)27(35)28(25)46-34)23(26-31(36-19)37(2)33(42)38(3)32(26)41)18-11-12-20(43-4)17-10-8-7-9-16(17)18/h7-12,14-15,23,36H,13H2,1-6H3/t15-,23-,34+/m1/s1. The highest BCUT2D eigenvalue weighted by Gasteiger charge is 2.64. The van der Waals surface area contributed by atoms with Crippen molar-refractivity contribution in [1.29, 1.82) is 0 Å². The van der Waals surface area contributed by atoms with E-state index in [4.69, 9.17) is 30.5 Å². The van der Waals surface area contributed by atoms with E-state index in [-0.39, 0.29) is 51.2 Å². The van der Waals surface area contributed by atoms with Gasteiger partial charge in [0.2, 0.25) is 17.2 Å². The molecule has 2 aliphatic heterocycles. The molecule has 1 N–H and O–H groups in total. The van der Waals surface area contributed by atoms with Crippen LogP contribution in [0.5, 0.6) is 23.0 Å². The summed E-state index contributed by atoms with van der Waals surface area (Å²) >= 11 is 6.66. The minimum atomic E-state index is -2.00. The van der Waals surface area contributed by atoms with Gasteiger partial charge in [0, 0.05) is 48.7 Å². The van der Waals surface area contributed by atoms with Crippen LogP contribution in [0.25, 0.3) is 10.8 Å². The summed E-state index contributed by atoms with van der Waals surface area (Å²) in [5.41, 5.74) is -1.55. The lowest BCUT2D eigenvalue weighted by atomic mass is 9.65. The van der Waals surface area contributed by atoms with Crippen molar-refractivity contribution in [2.75, 3.05) is 26.6 Å². The summed E-state index contributed by atoms with van der Waals surface area (Å²) in [5.74, 6) is -1.59. The summed E-state index contributed by atoms with van der Waals surface area (Å²) < 4.78 is 25.4. The second-order valence-electron chi connectivity index (χ2n) is 11.7. The van der Waals surface area contributed by atoms with Crippen LogP contribution in [-0.4, -0.2) is 47.6 Å². The maximum Gasteiger partial charge on any atom is 0.332 e. The van der Waals surface area contributed by atoms with Crippen molar-refractivity contribution in [3.05, 3.63) is 96.3 Å². The van der Waals surface area contributed by atoms with Gasteiger partial charge in [0.1, 0.15) is 33.7 Å². The van der Waals surface area contributed by atoms with Crippen molar-refractivity contribution in [2.24, 2.45) is 20.0 Å². The Morgan fingerprint density at radius 2 is 1.57 bits per heavy atom. The molecule has 0 fully saturated rings. The lowest BCUT2D eigenvalue weighted by Crippen LogP contribution is -2.58. The van der Waals surface area contributed by atoms with Crippen LogP contribution < -0.4 is 35.5 Å². The molecule has 46 heavy (non-hydrogen) atoms. The summed E-state index contributed by atoms with van der Waals surface area (Å²) in [4.78, 5) is 56.8. The lowest BCUT2D eigenvalue weighted by molar-refractivity contribution is -0.130. The van der Waals surface area contributed by atoms with Gasteiger partial charge in [-0.25, -0.2) is 4.79 Å². The number of fused-ring (bicyclic) bond motifs is 3. The molecule has 1 aromatic heterocycles. The zero-order chi connectivity index (χ0) is 32.8. The highest BCUT2D eigenvalue weighted by Crippen LogP contribution is 2.56. The molecule has 3 aliphatic rings. The molecule has 0 saturated carbocycles. The van der Waals surface area contributed by atoms with Crippen LogP contribution in [0.4, 0.5) is 5.82 Å². The van der Waals surface area contributed by atoms with Gasteiger partial charge in [-0.1, -0.05) is 48.9 Å². The Balaban J connectivity index is 1.53. The maximum atomic E-state index is 15.2. The predicted molar refractivity (Wildman–Crippen MR) is 171 cm³/mol. The van der Waals surface area contributed by atoms with E-state index in [2.05, 4.69) is 5.32 Å². The number of nitrogens with one attached hydrogen (secondary N) is 1. The number of ketones is 2. The third-order valence-electron chi connectivity index (χ3n) is 9.52. The molecule has 3 aromatic carbocycles. The number of methoxy groups -OCH3 is 3. The van der Waals surface area contributed by atoms with Crippen molar-refractivity contribution < 1.29 is 28.5 Å². The van der Waals surface area contributed by atoms with E-state index in [1.54, 1.807) is 27.1 Å². The molecule has 4 aromatic rings. The Hall–Kier alpha value is -5.03. The summed E-state index contributed by atoms with van der Waals surface area (Å²) in [7, 11) is 7.36. The zero-order valence-electron chi connectivity index (χ0n) is 25.9. The molecule has 11 nitrogen and oxygen atoms in total. The second kappa shape index (κ2) is 10.2. The van der Waals surface area contributed by atoms with Crippen LogP contribution in [-0.2, 0) is 18.9 Å². The minimum Gasteiger partial charge on any atom is -0.496 e. The van der Waals surface area contributed by atoms with Crippen molar-refractivity contribution in [3.63, 3.8) is 0 Å². The molecule has 236 valence electrons. The van der Waals surface area contributed by atoms with E-state index in [9.17, 15) is 14.4 Å². The van der Waals surface area contributed by atoms with Crippen LogP contribution in [0.3, 0.4) is 0 Å². The number of carbonyl (C=O) groups excluding carboxylic acids is 2. The largest absolute Gasteiger partial charge is 0.496 e. The predicted octanol–water partition coefficient (Wildman–Crippen LogP) is 4.35. The molecule has 0 saturated heterocycles. The molecule has 1 spiro atoms. The highest BCUT2D eigenvalue weighted by atomic mass is 35.5. The first-order chi connectivity index (χ1) is 22.0. The summed E-state index contributed by atoms with van der Waals surface area (Å²) in [6.45, 7) is 1.75. The van der Waals surface area contributed by atoms with Crippen molar-refractivity contribution >= 4 is 39.8 Å². The van der Waals surface area contributed by atoms with Gasteiger partial charge in [-0.3, -0.25) is 23.5 Å². The lowest BCUT2D eigenvalue weighted by Gasteiger charge is -2.42. The molecule has 0 bridgehead atoms. The molecule has 7 rings (SSSR count). The SMILES string of the molecule is COc1cc(OC)c2c(c1Cl)O[C@@]1(C(=O)C3=C(C[C@H]1C)Nc1c(c(=O)n(C)c(=O)n1C)[C@@H]3c1ccc(OC)c3ccccc13)C2=O. The fraction of sp³-hybridized carbons (Fsp3) is 0.294. The van der Waals surface area contributed by atoms with Gasteiger partial charge in [0.25, 0.3) is 5.56 Å². The van der Waals surface area contributed by atoms with Crippen LogP contribution in [0.1, 0.15) is 40.7 Å². The number of carbonyl (C=O) groups is 2. The fourth-order valence-electron chi connectivity index (χ4n) is 7.22. The smallest absolute Gasteiger partial charge is 0.332 e. The monoisotopic (exact) mass is 643 g/mol. The van der Waals surface area contributed by atoms with Gasteiger partial charge in [-0.15, -0.1) is 0 Å². The molecular weight excluding hydrogens is 614 g/mol. The summed E-state index contributed by atoms with van der Waals surface area (Å²) in [5, 5.41) is 4.79. The Morgan fingerprint density at radius 3 is 2.24 bits per heavy atom. The third kappa shape index (κ3) is 3.66. The first-order valence-electron chi connectivity index (χ1n) is 14.6. The van der Waals surface area contributed by atoms with E-state index < -0.39 is 40.3 Å². The second-order valence-corrected chi connectivity index (χ2v) is 12.1. The minimum absolute atomic E-state index is 0.000966. The molecular formula is C34H30ClN3O8. The van der Waals surface area contributed by atoms with Gasteiger partial charge in [-0.05, 0) is 23.4 Å². The van der Waals surface area contributed by atoms with E-state index in [0.29, 0.717) is 17.0 Å². The normalized spacial score (nSPS) is 21.5. The van der Waals surface area contributed by atoms with Crippen LogP contribution in [0.15, 0.2) is 63.3 Å². The van der Waals surface area contributed by atoms with Gasteiger partial charge in [0.05, 0.1) is 26.9 Å². The molecule has 3 heterocycles. The molecule has 12 heteroatoms. The quantitative estimate of drug-likeness (QED) is 0.323. The highest BCUT2D eigenvalue weighted by molar-refractivity contribution is 6.36. The number of hydrogen-bond acceptors (Lipinski definition) is 9. The summed E-state index contributed by atoms with van der Waals surface area (Å²) in [6, 6.07) is 12.6. The van der Waals surface area contributed by atoms with E-state index in [0.717, 1.165) is 15.3 Å². The van der Waals surface area contributed by atoms with Crippen molar-refractivity contribution in [3.8, 4) is 23.0 Å². The number of allylic oxidation sites excluding steroid dienone is 1. The Bertz CT molecular complexity index is 2200. The number of halogens is 1. The Morgan fingerprint density at radius 1 is 0.891 bits per heavy atom. The number of ether oxygens (including phenoxy) is 4. The topological polar surface area (TPSA) is 127 Å². The molecule has 0 unspecified atom stereocenters. The number of benzene rings is 3. The first kappa shape index (κ1) is 29.7. The number of anilines is 1. The number of Topliss-reactive ketones (excluding diaryl/α,β-unsaturated/α-hetero) is 2. The average Bonchev–Trinajstić information content (AvgIpc) is 3.38. The summed E-state index contributed by atoms with van der Waals surface area (Å²) in [6.07, 6.45) is 0.186. The van der Waals surface area contributed by atoms with Crippen LogP contribution in [0.2, 0.25) is 5.02 Å². The van der Waals surface area contributed by atoms with Crippen molar-refractivity contribution in [2.45, 2.75) is 24.9 Å². The van der Waals surface area contributed by atoms with Gasteiger partial charge in [-0.2, -0.15) is 0 Å². The van der Waals surface area contributed by atoms with Crippen molar-refractivity contribution in [1.82, 2.24) is 9.13 Å². The van der Waals surface area contributed by atoms with Crippen LogP contribution in [0, 0.1) is 5.92 Å². The third-order valence-corrected chi connectivity index (χ3v) is 9.88. The van der Waals surface area contributed by atoms with E-state index in [1.165, 1.54) is 31.9 Å². The van der Waals surface area contributed by atoms with Crippen LogP contribution >= 0.6 is 11.6 Å². The average molecular weight is 644 g/mol. The molecule has 0 amide bonds. The Labute approximate surface area is 267 Å². The number of rotatable bonds is 4. The van der Waals surface area contributed by atoms with Gasteiger partial charge in [0.15, 0.2) is 5.75 Å². The molecule has 0 radical (unpaired) electrons. The van der Waals surface area contributed by atoms with Gasteiger partial charge >= 0.3 is 5.69 Å². The number of hydrogen-bond donors (Lipinski definition) is 1. The van der Waals surface area contributed by atoms with Gasteiger partial charge < -0.3 is 24.3 Å². The number of aromatic nitrogens is 2. The maximum absolute atomic E-state index is 15.2. The first-order valence-corrected chi connectivity index (χ1v) is 15.0. The number of nitrogens with zero attached hydrogens (tertiary/aromatic N) is 2. The molecule has 1 aliphatic carbocycles. The molecule has 3 atom stereocenters.